The van der Waals surface area contributed by atoms with Crippen molar-refractivity contribution in [3.63, 3.8) is 0 Å². The minimum atomic E-state index is -0.382. The van der Waals surface area contributed by atoms with Crippen LogP contribution in [0.15, 0.2) is 67.0 Å². The van der Waals surface area contributed by atoms with Gasteiger partial charge in [-0.25, -0.2) is 4.98 Å². The molecule has 0 aliphatic heterocycles. The van der Waals surface area contributed by atoms with Gasteiger partial charge in [-0.05, 0) is 61.7 Å². The number of anilines is 1. The maximum absolute atomic E-state index is 12.7. The molecule has 0 saturated heterocycles. The first-order valence-corrected chi connectivity index (χ1v) is 10.7. The van der Waals surface area contributed by atoms with Crippen molar-refractivity contribution in [2.24, 2.45) is 0 Å². The number of aryl methyl sites for hydroxylation is 2. The van der Waals surface area contributed by atoms with E-state index in [1.54, 1.807) is 24.3 Å². The molecule has 0 radical (unpaired) electrons. The number of benzene rings is 2. The molecule has 0 saturated carbocycles. The molecule has 7 nitrogen and oxygen atoms in total. The number of pyridine rings is 1. The second-order valence-electron chi connectivity index (χ2n) is 7.92. The summed E-state index contributed by atoms with van der Waals surface area (Å²) in [6.07, 6.45) is 3.84. The monoisotopic (exact) mass is 442 g/mol. The lowest BCUT2D eigenvalue weighted by molar-refractivity contribution is -0.115. The van der Waals surface area contributed by atoms with E-state index in [1.165, 1.54) is 0 Å². The molecule has 2 amide bonds. The summed E-state index contributed by atoms with van der Waals surface area (Å²) in [5, 5.41) is 5.51. The van der Waals surface area contributed by atoms with Crippen LogP contribution < -0.4 is 15.4 Å². The number of nitrogens with one attached hydrogen (secondary N) is 2. The van der Waals surface area contributed by atoms with Crippen LogP contribution >= 0.6 is 0 Å². The fourth-order valence-electron chi connectivity index (χ4n) is 3.54. The predicted octanol–water partition coefficient (Wildman–Crippen LogP) is 4.21. The number of nitrogens with zero attached hydrogens (tertiary/aromatic N) is 2. The Morgan fingerprint density at radius 2 is 1.76 bits per heavy atom. The van der Waals surface area contributed by atoms with Gasteiger partial charge in [-0.2, -0.15) is 0 Å². The van der Waals surface area contributed by atoms with Crippen LogP contribution in [0.1, 0.15) is 32.7 Å². The first kappa shape index (κ1) is 22.1. The van der Waals surface area contributed by atoms with Crippen LogP contribution in [-0.4, -0.2) is 27.7 Å². The first-order valence-electron chi connectivity index (χ1n) is 10.7. The van der Waals surface area contributed by atoms with Gasteiger partial charge in [0.05, 0.1) is 17.8 Å². The number of imidazole rings is 1. The van der Waals surface area contributed by atoms with E-state index in [9.17, 15) is 9.59 Å². The van der Waals surface area contributed by atoms with Crippen LogP contribution in [0.25, 0.3) is 5.65 Å². The zero-order valence-electron chi connectivity index (χ0n) is 18.9. The summed E-state index contributed by atoms with van der Waals surface area (Å²) in [6.45, 7) is 6.01. The smallest absolute Gasteiger partial charge is 0.255 e. The van der Waals surface area contributed by atoms with Crippen LogP contribution in [0.5, 0.6) is 5.75 Å². The number of fused-ring (bicyclic) bond motifs is 1. The standard InChI is InChI=1S/C26H26N4O3/c1-17-8-6-11-22(19(17)3)29-24(31)14-27-26(32)21-10-4-5-12-23(21)33-16-20-15-30-13-7-9-18(2)25(30)28-20/h4-13,15H,14,16H2,1-3H3,(H,27,32)(H,29,31). The molecule has 0 fully saturated rings. The number of ether oxygens (including phenoxy) is 1. The summed E-state index contributed by atoms with van der Waals surface area (Å²) in [5.74, 6) is -0.248. The van der Waals surface area contributed by atoms with Crippen LogP contribution in [0.3, 0.4) is 0 Å². The number of amides is 2. The molecule has 2 aromatic carbocycles. The molecule has 2 heterocycles. The van der Waals surface area contributed by atoms with Crippen LogP contribution in [0.2, 0.25) is 0 Å². The number of aromatic nitrogens is 2. The highest BCUT2D eigenvalue weighted by atomic mass is 16.5. The molecule has 2 N–H and O–H groups in total. The van der Waals surface area contributed by atoms with Gasteiger partial charge in [-0.3, -0.25) is 9.59 Å². The zero-order chi connectivity index (χ0) is 23.4. The largest absolute Gasteiger partial charge is 0.486 e. The molecule has 0 atom stereocenters. The Morgan fingerprint density at radius 1 is 0.970 bits per heavy atom. The van der Waals surface area contributed by atoms with Crippen molar-refractivity contribution < 1.29 is 14.3 Å². The van der Waals surface area contributed by atoms with Gasteiger partial charge < -0.3 is 19.8 Å². The molecule has 168 valence electrons. The quantitative estimate of drug-likeness (QED) is 0.449. The summed E-state index contributed by atoms with van der Waals surface area (Å²) < 4.78 is 7.85. The molecular weight excluding hydrogens is 416 g/mol. The highest BCUT2D eigenvalue weighted by Crippen LogP contribution is 2.20. The molecule has 0 spiro atoms. The highest BCUT2D eigenvalue weighted by molar-refractivity contribution is 6.01. The number of rotatable bonds is 7. The van der Waals surface area contributed by atoms with Crippen molar-refractivity contribution in [2.45, 2.75) is 27.4 Å². The van der Waals surface area contributed by atoms with E-state index in [2.05, 4.69) is 15.6 Å². The Labute approximate surface area is 192 Å². The Hall–Kier alpha value is -4.13. The lowest BCUT2D eigenvalue weighted by atomic mass is 10.1. The summed E-state index contributed by atoms with van der Waals surface area (Å²) in [6, 6.07) is 16.6. The third kappa shape index (κ3) is 5.03. The SMILES string of the molecule is Cc1cccc(NC(=O)CNC(=O)c2ccccc2OCc2cn3cccc(C)c3n2)c1C. The topological polar surface area (TPSA) is 84.7 Å². The number of hydrogen-bond donors (Lipinski definition) is 2. The molecule has 33 heavy (non-hydrogen) atoms. The molecule has 0 aliphatic rings. The maximum Gasteiger partial charge on any atom is 0.255 e. The van der Waals surface area contributed by atoms with Crippen LogP contribution in [0.4, 0.5) is 5.69 Å². The van der Waals surface area contributed by atoms with Gasteiger partial charge in [0.2, 0.25) is 5.91 Å². The summed E-state index contributed by atoms with van der Waals surface area (Å²) in [7, 11) is 0. The molecule has 0 unspecified atom stereocenters. The summed E-state index contributed by atoms with van der Waals surface area (Å²) in [5.41, 5.74) is 5.88. The van der Waals surface area contributed by atoms with Crippen molar-refractivity contribution in [3.8, 4) is 5.75 Å². The number of hydrogen-bond acceptors (Lipinski definition) is 4. The van der Waals surface area contributed by atoms with E-state index in [1.807, 2.05) is 67.9 Å². The van der Waals surface area contributed by atoms with Gasteiger partial charge in [-0.1, -0.05) is 30.3 Å². The minimum absolute atomic E-state index is 0.147. The number of carbonyl (C=O) groups excluding carboxylic acids is 2. The molecule has 0 aliphatic carbocycles. The van der Waals surface area contributed by atoms with Crippen LogP contribution in [-0.2, 0) is 11.4 Å². The van der Waals surface area contributed by atoms with E-state index < -0.39 is 0 Å². The van der Waals surface area contributed by atoms with Gasteiger partial charge in [-0.15, -0.1) is 0 Å². The van der Waals surface area contributed by atoms with Gasteiger partial charge in [0.25, 0.3) is 5.91 Å². The molecule has 2 aromatic heterocycles. The average Bonchev–Trinajstić information content (AvgIpc) is 3.24. The molecular formula is C26H26N4O3. The molecule has 4 aromatic rings. The second kappa shape index (κ2) is 9.56. The zero-order valence-corrected chi connectivity index (χ0v) is 18.9. The van der Waals surface area contributed by atoms with Crippen molar-refractivity contribution >= 4 is 23.1 Å². The first-order chi connectivity index (χ1) is 15.9. The van der Waals surface area contributed by atoms with Crippen molar-refractivity contribution in [2.75, 3.05) is 11.9 Å². The predicted molar refractivity (Wildman–Crippen MR) is 128 cm³/mol. The average molecular weight is 443 g/mol. The van der Waals surface area contributed by atoms with Crippen molar-refractivity contribution in [3.05, 3.63) is 94.9 Å². The van der Waals surface area contributed by atoms with Gasteiger partial charge in [0.15, 0.2) is 0 Å². The highest BCUT2D eigenvalue weighted by Gasteiger charge is 2.15. The van der Waals surface area contributed by atoms with Crippen molar-refractivity contribution in [1.82, 2.24) is 14.7 Å². The Bertz CT molecular complexity index is 1330. The minimum Gasteiger partial charge on any atom is -0.486 e. The lowest BCUT2D eigenvalue weighted by Gasteiger charge is -2.12. The molecule has 7 heteroatoms. The van der Waals surface area contributed by atoms with Crippen LogP contribution in [0, 0.1) is 20.8 Å². The summed E-state index contributed by atoms with van der Waals surface area (Å²) >= 11 is 0. The Kier molecular flexibility index (Phi) is 6.40. The Balaban J connectivity index is 1.38. The van der Waals surface area contributed by atoms with E-state index in [0.717, 1.165) is 33.7 Å². The fraction of sp³-hybridized carbons (Fsp3) is 0.192. The molecule has 4 rings (SSSR count). The van der Waals surface area contributed by atoms with E-state index in [4.69, 9.17) is 4.74 Å². The maximum atomic E-state index is 12.7. The molecule has 0 bridgehead atoms. The second-order valence-corrected chi connectivity index (χ2v) is 7.92. The van der Waals surface area contributed by atoms with Gasteiger partial charge >= 0.3 is 0 Å². The third-order valence-corrected chi connectivity index (χ3v) is 5.52. The summed E-state index contributed by atoms with van der Waals surface area (Å²) in [4.78, 5) is 29.7. The van der Waals surface area contributed by atoms with E-state index in [0.29, 0.717) is 11.3 Å². The Morgan fingerprint density at radius 3 is 2.58 bits per heavy atom. The van der Waals surface area contributed by atoms with E-state index in [-0.39, 0.29) is 25.0 Å². The van der Waals surface area contributed by atoms with Gasteiger partial charge in [0.1, 0.15) is 18.0 Å². The third-order valence-electron chi connectivity index (χ3n) is 5.52. The van der Waals surface area contributed by atoms with Gasteiger partial charge in [0, 0.05) is 18.1 Å². The fourth-order valence-corrected chi connectivity index (χ4v) is 3.54. The number of para-hydroxylation sites is 1. The van der Waals surface area contributed by atoms with Crippen molar-refractivity contribution in [1.29, 1.82) is 0 Å². The lowest BCUT2D eigenvalue weighted by Crippen LogP contribution is -2.33. The van der Waals surface area contributed by atoms with E-state index >= 15 is 0 Å². The normalized spacial score (nSPS) is 10.8. The number of carbonyl (C=O) groups is 2.